The Morgan fingerprint density at radius 3 is 2.33 bits per heavy atom. The van der Waals surface area contributed by atoms with Crippen LogP contribution in [0.25, 0.3) is 0 Å². The molecule has 12 heteroatoms. The maximum Gasteiger partial charge on any atom is 0.331 e. The van der Waals surface area contributed by atoms with Crippen LogP contribution in [-0.4, -0.2) is 96.1 Å². The Hall–Kier alpha value is -3.51. The fourth-order valence-electron chi connectivity index (χ4n) is 10.9. The number of hydrogen-bond donors (Lipinski definition) is 0. The van der Waals surface area contributed by atoms with Gasteiger partial charge in [-0.2, -0.15) is 0 Å². The van der Waals surface area contributed by atoms with E-state index in [1.807, 2.05) is 10.9 Å². The average Bonchev–Trinajstić information content (AvgIpc) is 3.90. The summed E-state index contributed by atoms with van der Waals surface area (Å²) in [4.78, 5) is 30.0. The zero-order valence-corrected chi connectivity index (χ0v) is 26.2. The van der Waals surface area contributed by atoms with Crippen LogP contribution in [0.4, 0.5) is 0 Å². The van der Waals surface area contributed by atoms with Crippen LogP contribution in [0.2, 0.25) is 0 Å². The molecule has 46 heavy (non-hydrogen) atoms. The monoisotopic (exact) mass is 625 g/mol. The predicted molar refractivity (Wildman–Crippen MR) is 163 cm³/mol. The second kappa shape index (κ2) is 10.00. The number of carbonyl (C=O) groups excluding carboxylic acids is 2. The zero-order valence-electron chi connectivity index (χ0n) is 26.2. The lowest BCUT2D eigenvalue weighted by Crippen LogP contribution is -2.48. The van der Waals surface area contributed by atoms with Gasteiger partial charge in [-0.05, 0) is 75.6 Å². The number of allylic oxidation sites excluding steroid dienone is 1. The predicted octanol–water partition coefficient (Wildman–Crippen LogP) is 3.57. The molecule has 6 fully saturated rings. The van der Waals surface area contributed by atoms with Gasteiger partial charge >= 0.3 is 11.9 Å². The molecule has 8 heterocycles. The molecule has 1 unspecified atom stereocenters. The molecule has 1 aromatic heterocycles. The summed E-state index contributed by atoms with van der Waals surface area (Å²) in [7, 11) is 0. The van der Waals surface area contributed by atoms with Gasteiger partial charge in [-0.3, -0.25) is 9.80 Å². The van der Waals surface area contributed by atoms with Gasteiger partial charge in [-0.1, -0.05) is 18.1 Å². The molecule has 1 aromatic rings. The van der Waals surface area contributed by atoms with Gasteiger partial charge in [0.1, 0.15) is 11.4 Å². The number of carbonyl (C=O) groups is 2. The SMILES string of the molecule is O=C1C=C2CC(/C=[N+]3/C=C(CCCc4cn([C@H]5CC6=CC(=O)O[C@@]67C[C@@H]5N5CCCC[C@@H]57)nn4)N=N3)[C@@H]3C[C@@]2(O1)[C@H]1CCCCN31. The molecule has 12 nitrogen and oxygen atoms in total. The molecule has 2 saturated carbocycles. The first kappa shape index (κ1) is 27.6. The summed E-state index contributed by atoms with van der Waals surface area (Å²) >= 11 is 0. The normalized spacial score (nSPS) is 41.5. The minimum absolute atomic E-state index is 0.169. The first-order valence-corrected chi connectivity index (χ1v) is 17.6. The van der Waals surface area contributed by atoms with Crippen molar-refractivity contribution in [2.45, 2.75) is 125 Å². The van der Waals surface area contributed by atoms with Gasteiger partial charge in [0.05, 0.1) is 28.9 Å². The quantitative estimate of drug-likeness (QED) is 0.348. The Balaban J connectivity index is 0.801. The smallest absolute Gasteiger partial charge is 0.331 e. The van der Waals surface area contributed by atoms with Crippen molar-refractivity contribution in [1.29, 1.82) is 0 Å². The summed E-state index contributed by atoms with van der Waals surface area (Å²) in [6, 6.07) is 1.47. The number of nitrogens with zero attached hydrogens (tertiary/aromatic N) is 8. The Kier molecular flexibility index (Phi) is 6.00. The molecule has 0 amide bonds. The first-order chi connectivity index (χ1) is 22.5. The fourth-order valence-corrected chi connectivity index (χ4v) is 10.9. The van der Waals surface area contributed by atoms with Gasteiger partial charge in [-0.25, -0.2) is 14.3 Å². The summed E-state index contributed by atoms with van der Waals surface area (Å²) < 4.78 is 16.0. The zero-order chi connectivity index (χ0) is 30.6. The molecule has 4 bridgehead atoms. The lowest BCUT2D eigenvalue weighted by atomic mass is 9.73. The number of aromatic nitrogens is 3. The molecule has 0 N–H and O–H groups in total. The highest BCUT2D eigenvalue weighted by atomic mass is 16.6. The van der Waals surface area contributed by atoms with Crippen LogP contribution in [0.15, 0.2) is 51.7 Å². The van der Waals surface area contributed by atoms with E-state index in [1.54, 1.807) is 12.2 Å². The van der Waals surface area contributed by atoms with Crippen LogP contribution >= 0.6 is 0 Å². The van der Waals surface area contributed by atoms with Crippen molar-refractivity contribution in [2.75, 3.05) is 13.1 Å². The van der Waals surface area contributed by atoms with E-state index in [2.05, 4.69) is 47.5 Å². The van der Waals surface area contributed by atoms with Crippen LogP contribution in [0, 0.1) is 5.92 Å². The Morgan fingerprint density at radius 2 is 1.57 bits per heavy atom. The van der Waals surface area contributed by atoms with Crippen molar-refractivity contribution >= 4 is 18.2 Å². The number of fused-ring (bicyclic) bond motifs is 6. The standard InChI is InChI=1S/C34H41N8O4/c43-31-14-22-12-21(27-16-33(22,45-31)29-8-1-3-10-40(27)29)18-39-19-24(35-37-39)6-5-7-25-20-42(38-36-25)26-13-23-15-32(44)46-34(23)17-28(26)41-11-4-2-9-30(34)41/h14-15,18-21,26-30H,1-13,16-17H2/q+1/b39-18-/t21?,26-,27-,28-,29+,30+,33-,34-/m0/s1. The van der Waals surface area contributed by atoms with Crippen molar-refractivity contribution in [3.05, 3.63) is 47.1 Å². The number of aryl methyl sites for hydroxylation is 1. The molecular formula is C34H41N8O4+. The number of piperidine rings is 2. The van der Waals surface area contributed by atoms with E-state index in [1.165, 1.54) is 31.3 Å². The highest BCUT2D eigenvalue weighted by molar-refractivity contribution is 5.88. The third-order valence-electron chi connectivity index (χ3n) is 12.8. The lowest BCUT2D eigenvalue weighted by Gasteiger charge is -2.38. The van der Waals surface area contributed by atoms with Crippen molar-refractivity contribution in [2.24, 2.45) is 16.3 Å². The number of rotatable bonds is 6. The van der Waals surface area contributed by atoms with Crippen LogP contribution in [0.1, 0.15) is 88.8 Å². The van der Waals surface area contributed by atoms with Gasteiger partial charge in [0.15, 0.2) is 17.4 Å². The molecule has 2 spiro atoms. The van der Waals surface area contributed by atoms with E-state index in [0.29, 0.717) is 24.2 Å². The van der Waals surface area contributed by atoms with Gasteiger partial charge in [0, 0.05) is 55.6 Å². The Bertz CT molecular complexity index is 1680. The topological polar surface area (TPSA) is 118 Å². The van der Waals surface area contributed by atoms with Crippen LogP contribution < -0.4 is 0 Å². The van der Waals surface area contributed by atoms with Crippen molar-refractivity contribution < 1.29 is 23.7 Å². The van der Waals surface area contributed by atoms with Crippen LogP contribution in [0.3, 0.4) is 0 Å². The van der Waals surface area contributed by atoms with E-state index in [-0.39, 0.29) is 23.9 Å². The van der Waals surface area contributed by atoms with E-state index in [9.17, 15) is 9.59 Å². The van der Waals surface area contributed by atoms with Gasteiger partial charge in [0.2, 0.25) is 5.70 Å². The Labute approximate surface area is 267 Å². The van der Waals surface area contributed by atoms with E-state index >= 15 is 0 Å². The van der Waals surface area contributed by atoms with Crippen molar-refractivity contribution in [1.82, 2.24) is 24.8 Å². The van der Waals surface area contributed by atoms with E-state index in [0.717, 1.165) is 87.8 Å². The maximum atomic E-state index is 12.4. The second-order valence-electron chi connectivity index (χ2n) is 15.0. The second-order valence-corrected chi connectivity index (χ2v) is 15.0. The highest BCUT2D eigenvalue weighted by Gasteiger charge is 2.65. The summed E-state index contributed by atoms with van der Waals surface area (Å²) in [5, 5.41) is 18.1. The van der Waals surface area contributed by atoms with Gasteiger partial charge < -0.3 is 9.47 Å². The molecule has 4 saturated heterocycles. The van der Waals surface area contributed by atoms with Crippen molar-refractivity contribution in [3.8, 4) is 0 Å². The van der Waals surface area contributed by atoms with E-state index < -0.39 is 11.2 Å². The lowest BCUT2D eigenvalue weighted by molar-refractivity contribution is -0.462. The number of hydrogen-bond acceptors (Lipinski definition) is 10. The maximum absolute atomic E-state index is 12.4. The van der Waals surface area contributed by atoms with Crippen molar-refractivity contribution in [3.63, 3.8) is 0 Å². The van der Waals surface area contributed by atoms with Gasteiger partial charge in [0.25, 0.3) is 0 Å². The number of ether oxygens (including phenoxy) is 2. The van der Waals surface area contributed by atoms with Gasteiger partial charge in [-0.15, -0.1) is 9.78 Å². The highest BCUT2D eigenvalue weighted by Crippen LogP contribution is 2.57. The average molecular weight is 626 g/mol. The molecule has 9 aliphatic rings. The largest absolute Gasteiger partial charge is 0.450 e. The van der Waals surface area contributed by atoms with Crippen LogP contribution in [0.5, 0.6) is 0 Å². The molecule has 2 aliphatic carbocycles. The molecule has 7 aliphatic heterocycles. The molecule has 10 rings (SSSR count). The summed E-state index contributed by atoms with van der Waals surface area (Å²) in [5.41, 5.74) is 3.49. The minimum Gasteiger partial charge on any atom is -0.450 e. The summed E-state index contributed by atoms with van der Waals surface area (Å²) in [6.45, 7) is 2.14. The molecule has 8 atom stereocenters. The third kappa shape index (κ3) is 3.95. The first-order valence-electron chi connectivity index (χ1n) is 17.6. The number of esters is 2. The fraction of sp³-hybridized carbons (Fsp3) is 0.676. The molecule has 0 aromatic carbocycles. The molecular weight excluding hydrogens is 584 g/mol. The molecule has 0 radical (unpaired) electrons. The minimum atomic E-state index is -0.410. The summed E-state index contributed by atoms with van der Waals surface area (Å²) in [6.07, 6.45) is 22.8. The third-order valence-corrected chi connectivity index (χ3v) is 12.8. The van der Waals surface area contributed by atoms with E-state index in [4.69, 9.17) is 9.47 Å². The molecule has 240 valence electrons. The Morgan fingerprint density at radius 1 is 0.870 bits per heavy atom. The van der Waals surface area contributed by atoms with Crippen LogP contribution in [-0.2, 0) is 25.5 Å². The summed E-state index contributed by atoms with van der Waals surface area (Å²) in [5.74, 6) is -0.0729.